The van der Waals surface area contributed by atoms with Crippen LogP contribution in [-0.2, 0) is 6.42 Å². The fourth-order valence-corrected chi connectivity index (χ4v) is 2.59. The number of halogens is 4. The third-order valence-electron chi connectivity index (χ3n) is 2.53. The van der Waals surface area contributed by atoms with Crippen LogP contribution >= 0.6 is 46.4 Å². The molecule has 19 heavy (non-hydrogen) atoms. The minimum absolute atomic E-state index is 0.103. The number of aromatic nitrogens is 1. The summed E-state index contributed by atoms with van der Waals surface area (Å²) in [5, 5.41) is 10.2. The Kier molecular flexibility index (Phi) is 4.54. The number of rotatable bonds is 2. The molecule has 0 amide bonds. The maximum Gasteiger partial charge on any atom is 0.0907 e. The van der Waals surface area contributed by atoms with Crippen molar-refractivity contribution in [3.63, 3.8) is 0 Å². The number of hydrogen-bond acceptors (Lipinski definition) is 2. The van der Waals surface area contributed by atoms with Crippen molar-refractivity contribution in [2.24, 2.45) is 0 Å². The predicted octanol–water partition coefficient (Wildman–Crippen LogP) is 5.43. The standard InChI is InChI=1S/C13H6Cl4N2/c14-9-3-1-2-8(11(9)16)13-12(17)7(4-5-18)10(15)6-19-13/h1-3,6H,4H2. The summed E-state index contributed by atoms with van der Waals surface area (Å²) >= 11 is 24.3. The van der Waals surface area contributed by atoms with E-state index in [2.05, 4.69) is 4.98 Å². The fourth-order valence-electron chi connectivity index (χ4n) is 1.62. The topological polar surface area (TPSA) is 36.7 Å². The minimum Gasteiger partial charge on any atom is -0.253 e. The molecule has 1 aromatic heterocycles. The van der Waals surface area contributed by atoms with E-state index in [1.54, 1.807) is 18.2 Å². The van der Waals surface area contributed by atoms with E-state index >= 15 is 0 Å². The van der Waals surface area contributed by atoms with Gasteiger partial charge in [0.15, 0.2) is 0 Å². The van der Waals surface area contributed by atoms with Crippen LogP contribution in [0.2, 0.25) is 20.1 Å². The minimum atomic E-state index is 0.103. The van der Waals surface area contributed by atoms with Crippen LogP contribution in [0.3, 0.4) is 0 Å². The van der Waals surface area contributed by atoms with E-state index in [4.69, 9.17) is 51.7 Å². The highest BCUT2D eigenvalue weighted by molar-refractivity contribution is 6.44. The summed E-state index contributed by atoms with van der Waals surface area (Å²) in [4.78, 5) is 4.18. The summed E-state index contributed by atoms with van der Waals surface area (Å²) in [6, 6.07) is 7.20. The fraction of sp³-hybridized carbons (Fsp3) is 0.0769. The molecule has 6 heteroatoms. The molecule has 0 atom stereocenters. The van der Waals surface area contributed by atoms with Crippen molar-refractivity contribution < 1.29 is 0 Å². The van der Waals surface area contributed by atoms with Gasteiger partial charge < -0.3 is 0 Å². The van der Waals surface area contributed by atoms with Crippen LogP contribution < -0.4 is 0 Å². The summed E-state index contributed by atoms with van der Waals surface area (Å²) < 4.78 is 0. The summed E-state index contributed by atoms with van der Waals surface area (Å²) in [5.74, 6) is 0. The molecule has 0 aliphatic heterocycles. The zero-order chi connectivity index (χ0) is 14.0. The van der Waals surface area contributed by atoms with E-state index in [1.165, 1.54) is 6.20 Å². The van der Waals surface area contributed by atoms with Crippen molar-refractivity contribution in [1.29, 1.82) is 5.26 Å². The molecule has 0 fully saturated rings. The third-order valence-corrected chi connectivity index (χ3v) is 4.08. The molecular weight excluding hydrogens is 326 g/mol. The lowest BCUT2D eigenvalue weighted by atomic mass is 10.1. The zero-order valence-corrected chi connectivity index (χ0v) is 12.4. The molecule has 2 aromatic rings. The zero-order valence-electron chi connectivity index (χ0n) is 9.42. The summed E-state index contributed by atoms with van der Waals surface area (Å²) in [5.41, 5.74) is 1.60. The molecule has 0 bridgehead atoms. The van der Waals surface area contributed by atoms with Crippen LogP contribution in [0.1, 0.15) is 5.56 Å². The predicted molar refractivity (Wildman–Crippen MR) is 79.0 cm³/mol. The highest BCUT2D eigenvalue weighted by Crippen LogP contribution is 2.38. The quantitative estimate of drug-likeness (QED) is 0.735. The molecule has 0 unspecified atom stereocenters. The molecule has 2 rings (SSSR count). The van der Waals surface area contributed by atoms with Crippen LogP contribution in [-0.4, -0.2) is 4.98 Å². The van der Waals surface area contributed by atoms with Crippen LogP contribution in [0.25, 0.3) is 11.3 Å². The summed E-state index contributed by atoms with van der Waals surface area (Å²) in [6.45, 7) is 0. The van der Waals surface area contributed by atoms with Crippen LogP contribution in [0.4, 0.5) is 0 Å². The number of nitriles is 1. The highest BCUT2D eigenvalue weighted by atomic mass is 35.5. The third kappa shape index (κ3) is 2.80. The summed E-state index contributed by atoms with van der Waals surface area (Å²) in [6.07, 6.45) is 1.55. The van der Waals surface area contributed by atoms with Gasteiger partial charge in [0, 0.05) is 17.3 Å². The van der Waals surface area contributed by atoms with Crippen molar-refractivity contribution in [3.8, 4) is 17.3 Å². The summed E-state index contributed by atoms with van der Waals surface area (Å²) in [7, 11) is 0. The average molecular weight is 332 g/mol. The molecule has 0 spiro atoms. The van der Waals surface area contributed by atoms with Crippen LogP contribution in [0.5, 0.6) is 0 Å². The molecule has 0 saturated heterocycles. The highest BCUT2D eigenvalue weighted by Gasteiger charge is 2.16. The molecule has 0 saturated carbocycles. The van der Waals surface area contributed by atoms with Gasteiger partial charge in [-0.15, -0.1) is 0 Å². The largest absolute Gasteiger partial charge is 0.253 e. The van der Waals surface area contributed by atoms with E-state index < -0.39 is 0 Å². The van der Waals surface area contributed by atoms with Crippen molar-refractivity contribution >= 4 is 46.4 Å². The van der Waals surface area contributed by atoms with Gasteiger partial charge in [-0.05, 0) is 6.07 Å². The van der Waals surface area contributed by atoms with Gasteiger partial charge in [-0.3, -0.25) is 4.98 Å². The van der Waals surface area contributed by atoms with E-state index in [0.29, 0.717) is 36.9 Å². The van der Waals surface area contributed by atoms with E-state index in [1.807, 2.05) is 6.07 Å². The van der Waals surface area contributed by atoms with Gasteiger partial charge in [0.1, 0.15) is 0 Å². The van der Waals surface area contributed by atoms with Gasteiger partial charge >= 0.3 is 0 Å². The first-order valence-electron chi connectivity index (χ1n) is 5.20. The van der Waals surface area contributed by atoms with Crippen molar-refractivity contribution in [2.45, 2.75) is 6.42 Å². The second kappa shape index (κ2) is 5.98. The Morgan fingerprint density at radius 1 is 1.05 bits per heavy atom. The van der Waals surface area contributed by atoms with Gasteiger partial charge in [0.25, 0.3) is 0 Å². The van der Waals surface area contributed by atoms with Crippen molar-refractivity contribution in [2.75, 3.05) is 0 Å². The van der Waals surface area contributed by atoms with Crippen molar-refractivity contribution in [1.82, 2.24) is 4.98 Å². The number of hydrogen-bond donors (Lipinski definition) is 0. The Hall–Kier alpha value is -0.980. The second-order valence-corrected chi connectivity index (χ2v) is 5.25. The first-order chi connectivity index (χ1) is 9.06. The Morgan fingerprint density at radius 3 is 2.47 bits per heavy atom. The molecular formula is C13H6Cl4N2. The SMILES string of the molecule is N#CCc1c(Cl)cnc(-c2cccc(Cl)c2Cl)c1Cl. The molecule has 96 valence electrons. The van der Waals surface area contributed by atoms with Gasteiger partial charge in [-0.25, -0.2) is 0 Å². The molecule has 0 aliphatic rings. The van der Waals surface area contributed by atoms with E-state index in [0.717, 1.165) is 0 Å². The maximum atomic E-state index is 8.79. The molecule has 1 aromatic carbocycles. The number of nitrogens with zero attached hydrogens (tertiary/aromatic N) is 2. The van der Waals surface area contributed by atoms with Gasteiger partial charge in [-0.2, -0.15) is 5.26 Å². The molecule has 2 nitrogen and oxygen atoms in total. The number of benzene rings is 1. The average Bonchev–Trinajstić information content (AvgIpc) is 2.39. The second-order valence-electron chi connectivity index (χ2n) is 3.68. The van der Waals surface area contributed by atoms with Crippen LogP contribution in [0.15, 0.2) is 24.4 Å². The Bertz CT molecular complexity index is 677. The van der Waals surface area contributed by atoms with E-state index in [9.17, 15) is 0 Å². The van der Waals surface area contributed by atoms with Crippen LogP contribution in [0, 0.1) is 11.3 Å². The molecule has 0 radical (unpaired) electrons. The van der Waals surface area contributed by atoms with Gasteiger partial charge in [0.2, 0.25) is 0 Å². The van der Waals surface area contributed by atoms with Gasteiger partial charge in [-0.1, -0.05) is 58.5 Å². The number of pyridine rings is 1. The van der Waals surface area contributed by atoms with E-state index in [-0.39, 0.29) is 6.42 Å². The molecule has 0 N–H and O–H groups in total. The lowest BCUT2D eigenvalue weighted by molar-refractivity contribution is 1.21. The molecule has 0 aliphatic carbocycles. The van der Waals surface area contributed by atoms with Crippen molar-refractivity contribution in [3.05, 3.63) is 50.0 Å². The Labute approximate surface area is 130 Å². The first-order valence-corrected chi connectivity index (χ1v) is 6.71. The maximum absolute atomic E-state index is 8.79. The Morgan fingerprint density at radius 2 is 1.79 bits per heavy atom. The Balaban J connectivity index is 2.67. The normalized spacial score (nSPS) is 10.3. The van der Waals surface area contributed by atoms with Gasteiger partial charge in [0.05, 0.1) is 38.3 Å². The first kappa shape index (κ1) is 14.4. The smallest absolute Gasteiger partial charge is 0.0907 e. The molecule has 1 heterocycles. The lowest BCUT2D eigenvalue weighted by Crippen LogP contribution is -1.94. The monoisotopic (exact) mass is 330 g/mol. The lowest BCUT2D eigenvalue weighted by Gasteiger charge is -2.10.